The summed E-state index contributed by atoms with van der Waals surface area (Å²) in [4.78, 5) is 23.9. The zero-order valence-electron chi connectivity index (χ0n) is 11.6. The zero-order valence-corrected chi connectivity index (χ0v) is 11.6. The first-order valence-corrected chi connectivity index (χ1v) is 6.70. The number of aliphatic carboxylic acids is 1. The number of rotatable bonds is 5. The Balaban J connectivity index is 2.57. The Labute approximate surface area is 114 Å². The number of amides is 2. The van der Waals surface area contributed by atoms with Gasteiger partial charge in [-0.15, -0.1) is 6.42 Å². The van der Waals surface area contributed by atoms with E-state index >= 15 is 0 Å². The summed E-state index contributed by atoms with van der Waals surface area (Å²) in [5.74, 6) is 2.31. The molecule has 3 atom stereocenters. The van der Waals surface area contributed by atoms with E-state index in [2.05, 4.69) is 25.1 Å². The van der Waals surface area contributed by atoms with Crippen LogP contribution in [-0.4, -0.2) is 41.1 Å². The minimum absolute atomic E-state index is 0.0104. The minimum Gasteiger partial charge on any atom is -0.480 e. The van der Waals surface area contributed by atoms with Crippen LogP contribution in [0.4, 0.5) is 4.79 Å². The van der Waals surface area contributed by atoms with Crippen molar-refractivity contribution >= 4 is 12.0 Å². The van der Waals surface area contributed by atoms with Gasteiger partial charge < -0.3 is 15.3 Å². The second kappa shape index (κ2) is 7.03. The standard InChI is InChI=1S/C14H22N2O3/c1-4-8-16(9-13(17)18)14(19)15-12-7-6-11(5-2)10(12)3/h1,10-12H,5-9H2,2-3H3,(H,15,19)(H,17,18). The molecule has 1 rings (SSSR count). The van der Waals surface area contributed by atoms with E-state index in [1.54, 1.807) is 0 Å². The summed E-state index contributed by atoms with van der Waals surface area (Å²) in [5, 5.41) is 11.7. The monoisotopic (exact) mass is 266 g/mol. The quantitative estimate of drug-likeness (QED) is 0.742. The Bertz CT molecular complexity index is 375. The number of terminal acetylenes is 1. The molecule has 5 nitrogen and oxygen atoms in total. The normalized spacial score (nSPS) is 25.6. The molecule has 0 heterocycles. The third kappa shape index (κ3) is 4.16. The fraction of sp³-hybridized carbons (Fsp3) is 0.714. The van der Waals surface area contributed by atoms with Gasteiger partial charge in [0.25, 0.3) is 0 Å². The van der Waals surface area contributed by atoms with E-state index in [0.29, 0.717) is 11.8 Å². The van der Waals surface area contributed by atoms with Crippen LogP contribution in [0, 0.1) is 24.2 Å². The highest BCUT2D eigenvalue weighted by molar-refractivity contribution is 5.80. The first-order valence-electron chi connectivity index (χ1n) is 6.70. The van der Waals surface area contributed by atoms with Crippen molar-refractivity contribution in [1.82, 2.24) is 10.2 Å². The average Bonchev–Trinajstić information content (AvgIpc) is 2.69. The van der Waals surface area contributed by atoms with Gasteiger partial charge in [-0.3, -0.25) is 4.79 Å². The van der Waals surface area contributed by atoms with Crippen molar-refractivity contribution in [2.75, 3.05) is 13.1 Å². The summed E-state index contributed by atoms with van der Waals surface area (Å²) in [5.41, 5.74) is 0. The van der Waals surface area contributed by atoms with E-state index in [1.807, 2.05) is 0 Å². The number of nitrogens with zero attached hydrogens (tertiary/aromatic N) is 1. The number of carbonyl (C=O) groups excluding carboxylic acids is 1. The minimum atomic E-state index is -1.06. The van der Waals surface area contributed by atoms with Crippen molar-refractivity contribution in [2.45, 2.75) is 39.2 Å². The summed E-state index contributed by atoms with van der Waals surface area (Å²) in [7, 11) is 0. The molecule has 2 amide bonds. The van der Waals surface area contributed by atoms with Gasteiger partial charge in [0.15, 0.2) is 0 Å². The van der Waals surface area contributed by atoms with Gasteiger partial charge in [0.05, 0.1) is 6.54 Å². The fourth-order valence-corrected chi connectivity index (χ4v) is 2.75. The molecule has 0 radical (unpaired) electrons. The second-order valence-electron chi connectivity index (χ2n) is 5.11. The van der Waals surface area contributed by atoms with Crippen molar-refractivity contribution in [2.24, 2.45) is 11.8 Å². The molecule has 0 saturated heterocycles. The number of nitrogens with one attached hydrogen (secondary N) is 1. The molecule has 1 fully saturated rings. The van der Waals surface area contributed by atoms with Gasteiger partial charge in [0, 0.05) is 6.04 Å². The average molecular weight is 266 g/mol. The molecule has 19 heavy (non-hydrogen) atoms. The molecule has 0 aromatic heterocycles. The molecule has 1 aliphatic rings. The van der Waals surface area contributed by atoms with E-state index in [9.17, 15) is 9.59 Å². The largest absolute Gasteiger partial charge is 0.480 e. The van der Waals surface area contributed by atoms with Crippen LogP contribution in [0.2, 0.25) is 0 Å². The van der Waals surface area contributed by atoms with Crippen LogP contribution >= 0.6 is 0 Å². The Hall–Kier alpha value is -1.70. The lowest BCUT2D eigenvalue weighted by atomic mass is 9.93. The Kier molecular flexibility index (Phi) is 5.68. The summed E-state index contributed by atoms with van der Waals surface area (Å²) >= 11 is 0. The maximum atomic E-state index is 12.0. The second-order valence-corrected chi connectivity index (χ2v) is 5.11. The molecular weight excluding hydrogens is 244 g/mol. The van der Waals surface area contributed by atoms with Crippen LogP contribution in [0.3, 0.4) is 0 Å². The van der Waals surface area contributed by atoms with Crippen molar-refractivity contribution in [1.29, 1.82) is 0 Å². The Morgan fingerprint density at radius 3 is 2.63 bits per heavy atom. The van der Waals surface area contributed by atoms with Gasteiger partial charge in [-0.25, -0.2) is 4.79 Å². The third-order valence-corrected chi connectivity index (χ3v) is 3.96. The summed E-state index contributed by atoms with van der Waals surface area (Å²) in [6, 6.07) is -0.263. The van der Waals surface area contributed by atoms with E-state index in [-0.39, 0.29) is 25.2 Å². The van der Waals surface area contributed by atoms with E-state index in [0.717, 1.165) is 24.2 Å². The van der Waals surface area contributed by atoms with Crippen molar-refractivity contribution in [3.8, 4) is 12.3 Å². The number of carboxylic acids is 1. The van der Waals surface area contributed by atoms with Gasteiger partial charge in [0.2, 0.25) is 0 Å². The number of hydrogen-bond donors (Lipinski definition) is 2. The van der Waals surface area contributed by atoms with Gasteiger partial charge in [-0.1, -0.05) is 26.2 Å². The molecule has 0 aromatic carbocycles. The van der Waals surface area contributed by atoms with Crippen LogP contribution in [0.25, 0.3) is 0 Å². The zero-order chi connectivity index (χ0) is 14.4. The van der Waals surface area contributed by atoms with Gasteiger partial charge in [-0.2, -0.15) is 0 Å². The lowest BCUT2D eigenvalue weighted by Gasteiger charge is -2.25. The molecule has 0 aliphatic heterocycles. The molecule has 5 heteroatoms. The van der Waals surface area contributed by atoms with Crippen molar-refractivity contribution in [3.05, 3.63) is 0 Å². The SMILES string of the molecule is C#CCN(CC(=O)O)C(=O)NC1CCC(CC)C1C. The molecule has 0 aromatic rings. The Morgan fingerprint density at radius 1 is 1.47 bits per heavy atom. The van der Waals surface area contributed by atoms with Crippen LogP contribution in [0.1, 0.15) is 33.1 Å². The highest BCUT2D eigenvalue weighted by atomic mass is 16.4. The predicted molar refractivity (Wildman–Crippen MR) is 72.5 cm³/mol. The van der Waals surface area contributed by atoms with Crippen LogP contribution in [0.15, 0.2) is 0 Å². The number of hydrogen-bond acceptors (Lipinski definition) is 2. The number of urea groups is 1. The first-order chi connectivity index (χ1) is 8.99. The van der Waals surface area contributed by atoms with Gasteiger partial charge in [-0.05, 0) is 24.7 Å². The highest BCUT2D eigenvalue weighted by Gasteiger charge is 2.33. The predicted octanol–water partition coefficient (Wildman–Crippen LogP) is 1.54. The van der Waals surface area contributed by atoms with Crippen LogP contribution < -0.4 is 5.32 Å². The van der Waals surface area contributed by atoms with Crippen LogP contribution in [-0.2, 0) is 4.79 Å². The first kappa shape index (κ1) is 15.4. The third-order valence-electron chi connectivity index (χ3n) is 3.96. The lowest BCUT2D eigenvalue weighted by molar-refractivity contribution is -0.137. The van der Waals surface area contributed by atoms with Crippen molar-refractivity contribution < 1.29 is 14.7 Å². The lowest BCUT2D eigenvalue weighted by Crippen LogP contribution is -2.48. The van der Waals surface area contributed by atoms with E-state index in [1.165, 1.54) is 0 Å². The summed E-state index contributed by atoms with van der Waals surface area (Å²) in [6.07, 6.45) is 8.32. The van der Waals surface area contributed by atoms with E-state index < -0.39 is 5.97 Å². The molecule has 0 spiro atoms. The van der Waals surface area contributed by atoms with Gasteiger partial charge >= 0.3 is 12.0 Å². The van der Waals surface area contributed by atoms with Gasteiger partial charge in [0.1, 0.15) is 6.54 Å². The smallest absolute Gasteiger partial charge is 0.323 e. The molecule has 2 N–H and O–H groups in total. The molecular formula is C14H22N2O3. The maximum Gasteiger partial charge on any atom is 0.323 e. The van der Waals surface area contributed by atoms with E-state index in [4.69, 9.17) is 11.5 Å². The fourth-order valence-electron chi connectivity index (χ4n) is 2.75. The highest BCUT2D eigenvalue weighted by Crippen LogP contribution is 2.33. The van der Waals surface area contributed by atoms with Crippen LogP contribution in [0.5, 0.6) is 0 Å². The maximum absolute atomic E-state index is 12.0. The number of carbonyl (C=O) groups is 2. The molecule has 0 bridgehead atoms. The number of carboxylic acid groups (broad SMARTS) is 1. The molecule has 106 valence electrons. The molecule has 1 aliphatic carbocycles. The summed E-state index contributed by atoms with van der Waals surface area (Å²) < 4.78 is 0. The van der Waals surface area contributed by atoms with Crippen molar-refractivity contribution in [3.63, 3.8) is 0 Å². The topological polar surface area (TPSA) is 69.6 Å². The molecule has 1 saturated carbocycles. The Morgan fingerprint density at radius 2 is 2.16 bits per heavy atom. The molecule has 3 unspecified atom stereocenters. The summed E-state index contributed by atoms with van der Waals surface area (Å²) in [6.45, 7) is 3.93.